The number of nitrogens with two attached hydrogens (primary N) is 1. The SMILES string of the molecule is NC(=O)C1=NC=CSC=C1. The number of carbonyl (C=O) groups is 1. The summed E-state index contributed by atoms with van der Waals surface area (Å²) in [6.45, 7) is 0. The van der Waals surface area contributed by atoms with Gasteiger partial charge in [0.25, 0.3) is 5.91 Å². The Morgan fingerprint density at radius 3 is 3.10 bits per heavy atom. The van der Waals surface area contributed by atoms with E-state index in [4.69, 9.17) is 5.73 Å². The average Bonchev–Trinajstić information content (AvgIpc) is 2.12. The van der Waals surface area contributed by atoms with Crippen molar-refractivity contribution in [3.8, 4) is 0 Å². The molecule has 0 aromatic carbocycles. The van der Waals surface area contributed by atoms with E-state index in [0.717, 1.165) is 0 Å². The Labute approximate surface area is 62.7 Å². The molecule has 0 fully saturated rings. The highest BCUT2D eigenvalue weighted by molar-refractivity contribution is 8.04. The van der Waals surface area contributed by atoms with Crippen LogP contribution in [0.25, 0.3) is 0 Å². The third kappa shape index (κ3) is 1.73. The summed E-state index contributed by atoms with van der Waals surface area (Å²) in [6.07, 6.45) is 3.14. The Hall–Kier alpha value is -1.03. The van der Waals surface area contributed by atoms with Gasteiger partial charge in [0.05, 0.1) is 0 Å². The van der Waals surface area contributed by atoms with Gasteiger partial charge in [-0.1, -0.05) is 0 Å². The molecular formula is C6H6N2OS. The molecule has 1 aliphatic heterocycles. The van der Waals surface area contributed by atoms with Crippen LogP contribution in [-0.4, -0.2) is 11.6 Å². The van der Waals surface area contributed by atoms with Gasteiger partial charge >= 0.3 is 0 Å². The highest BCUT2D eigenvalue weighted by atomic mass is 32.2. The van der Waals surface area contributed by atoms with Crippen molar-refractivity contribution >= 4 is 23.4 Å². The predicted octanol–water partition coefficient (Wildman–Crippen LogP) is 0.644. The van der Waals surface area contributed by atoms with Crippen molar-refractivity contribution < 1.29 is 4.79 Å². The van der Waals surface area contributed by atoms with E-state index in [2.05, 4.69) is 4.99 Å². The number of primary amides is 1. The molecule has 4 heteroatoms. The monoisotopic (exact) mass is 154 g/mol. The van der Waals surface area contributed by atoms with Crippen molar-refractivity contribution in [3.63, 3.8) is 0 Å². The highest BCUT2D eigenvalue weighted by Gasteiger charge is 2.00. The summed E-state index contributed by atoms with van der Waals surface area (Å²) in [4.78, 5) is 14.3. The lowest BCUT2D eigenvalue weighted by Crippen LogP contribution is -2.20. The summed E-state index contributed by atoms with van der Waals surface area (Å²) in [5.41, 5.74) is 5.27. The fourth-order valence-electron chi connectivity index (χ4n) is 0.484. The van der Waals surface area contributed by atoms with Crippen LogP contribution >= 0.6 is 11.8 Å². The van der Waals surface area contributed by atoms with Gasteiger partial charge in [0, 0.05) is 6.20 Å². The Morgan fingerprint density at radius 2 is 2.40 bits per heavy atom. The fourth-order valence-corrected chi connectivity index (χ4v) is 0.913. The number of nitrogens with zero attached hydrogens (tertiary/aromatic N) is 1. The molecule has 2 N–H and O–H groups in total. The van der Waals surface area contributed by atoms with Crippen molar-refractivity contribution in [3.05, 3.63) is 23.1 Å². The lowest BCUT2D eigenvalue weighted by Gasteiger charge is -1.87. The van der Waals surface area contributed by atoms with E-state index in [1.54, 1.807) is 23.1 Å². The quantitative estimate of drug-likeness (QED) is 0.602. The molecule has 0 radical (unpaired) electrons. The van der Waals surface area contributed by atoms with Gasteiger partial charge < -0.3 is 5.73 Å². The summed E-state index contributed by atoms with van der Waals surface area (Å²) in [6, 6.07) is 0. The largest absolute Gasteiger partial charge is 0.364 e. The van der Waals surface area contributed by atoms with Crippen LogP contribution in [0.4, 0.5) is 0 Å². The van der Waals surface area contributed by atoms with Gasteiger partial charge in [0.1, 0.15) is 5.71 Å². The first-order chi connectivity index (χ1) is 4.80. The van der Waals surface area contributed by atoms with E-state index < -0.39 is 5.91 Å². The normalized spacial score (nSPS) is 16.2. The number of aliphatic imine (C=N–C) groups is 1. The van der Waals surface area contributed by atoms with Gasteiger partial charge in [-0.05, 0) is 16.9 Å². The van der Waals surface area contributed by atoms with Gasteiger partial charge in [-0.15, -0.1) is 11.8 Å². The molecule has 1 rings (SSSR count). The minimum absolute atomic E-state index is 0.293. The maximum atomic E-state index is 10.5. The lowest BCUT2D eigenvalue weighted by molar-refractivity contribution is -0.111. The number of carbonyl (C=O) groups excluding carboxylic acids is 1. The summed E-state index contributed by atoms with van der Waals surface area (Å²) in [5, 5.41) is 3.53. The Balaban J connectivity index is 2.83. The van der Waals surface area contributed by atoms with Gasteiger partial charge in [-0.2, -0.15) is 0 Å². The van der Waals surface area contributed by atoms with Crippen molar-refractivity contribution in [2.24, 2.45) is 10.7 Å². The molecule has 52 valence electrons. The zero-order valence-corrected chi connectivity index (χ0v) is 5.97. The molecule has 0 spiro atoms. The van der Waals surface area contributed by atoms with Gasteiger partial charge in [-0.25, -0.2) is 0 Å². The Kier molecular flexibility index (Phi) is 2.28. The maximum absolute atomic E-state index is 10.5. The van der Waals surface area contributed by atoms with Crippen LogP contribution in [0, 0.1) is 0 Å². The molecule has 1 heterocycles. The van der Waals surface area contributed by atoms with E-state index in [9.17, 15) is 4.79 Å². The van der Waals surface area contributed by atoms with Crippen LogP contribution in [-0.2, 0) is 4.79 Å². The van der Waals surface area contributed by atoms with Crippen LogP contribution in [0.15, 0.2) is 28.1 Å². The van der Waals surface area contributed by atoms with E-state index in [-0.39, 0.29) is 0 Å². The first-order valence-electron chi connectivity index (χ1n) is 2.65. The van der Waals surface area contributed by atoms with Crippen LogP contribution < -0.4 is 5.73 Å². The summed E-state index contributed by atoms with van der Waals surface area (Å²) < 4.78 is 0. The summed E-state index contributed by atoms with van der Waals surface area (Å²) in [5.74, 6) is -0.497. The lowest BCUT2D eigenvalue weighted by atomic mass is 10.3. The number of amides is 1. The van der Waals surface area contributed by atoms with Crippen LogP contribution in [0.5, 0.6) is 0 Å². The maximum Gasteiger partial charge on any atom is 0.267 e. The van der Waals surface area contributed by atoms with Crippen LogP contribution in [0.1, 0.15) is 0 Å². The number of hydrogen-bond acceptors (Lipinski definition) is 3. The second-order valence-corrected chi connectivity index (χ2v) is 2.42. The van der Waals surface area contributed by atoms with E-state index >= 15 is 0 Å². The van der Waals surface area contributed by atoms with Gasteiger partial charge in [0.2, 0.25) is 0 Å². The molecule has 1 aliphatic rings. The molecule has 0 saturated heterocycles. The summed E-state index contributed by atoms with van der Waals surface area (Å²) in [7, 11) is 0. The minimum Gasteiger partial charge on any atom is -0.364 e. The molecule has 0 atom stereocenters. The fraction of sp³-hybridized carbons (Fsp3) is 0. The molecule has 0 aromatic heterocycles. The van der Waals surface area contributed by atoms with Crippen molar-refractivity contribution in [1.29, 1.82) is 0 Å². The molecule has 0 bridgehead atoms. The topological polar surface area (TPSA) is 55.5 Å². The molecule has 3 nitrogen and oxygen atoms in total. The molecule has 0 aliphatic carbocycles. The third-order valence-electron chi connectivity index (χ3n) is 0.910. The molecule has 10 heavy (non-hydrogen) atoms. The summed E-state index contributed by atoms with van der Waals surface area (Å²) >= 11 is 1.45. The first-order valence-corrected chi connectivity index (χ1v) is 3.59. The highest BCUT2D eigenvalue weighted by Crippen LogP contribution is 2.07. The van der Waals surface area contributed by atoms with Crippen molar-refractivity contribution in [2.45, 2.75) is 0 Å². The zero-order chi connectivity index (χ0) is 7.40. The second-order valence-electron chi connectivity index (χ2n) is 1.60. The molecular weight excluding hydrogens is 148 g/mol. The average molecular weight is 154 g/mol. The first kappa shape index (κ1) is 7.08. The van der Waals surface area contributed by atoms with E-state index in [1.165, 1.54) is 11.8 Å². The Bertz CT molecular complexity index is 230. The van der Waals surface area contributed by atoms with Crippen LogP contribution in [0.2, 0.25) is 0 Å². The zero-order valence-electron chi connectivity index (χ0n) is 5.15. The van der Waals surface area contributed by atoms with Crippen LogP contribution in [0.3, 0.4) is 0 Å². The molecule has 1 amide bonds. The van der Waals surface area contributed by atoms with Gasteiger partial charge in [0.15, 0.2) is 0 Å². The number of rotatable bonds is 1. The third-order valence-corrected chi connectivity index (χ3v) is 1.48. The predicted molar refractivity (Wildman–Crippen MR) is 42.5 cm³/mol. The Morgan fingerprint density at radius 1 is 1.60 bits per heavy atom. The van der Waals surface area contributed by atoms with Gasteiger partial charge in [-0.3, -0.25) is 9.79 Å². The standard InChI is InChI=1S/C6H6N2OS/c7-6(9)5-1-3-10-4-2-8-5/h1-4H,(H2,7,9). The smallest absolute Gasteiger partial charge is 0.267 e. The minimum atomic E-state index is -0.497. The molecule has 0 saturated carbocycles. The van der Waals surface area contributed by atoms with Crippen molar-refractivity contribution in [1.82, 2.24) is 0 Å². The molecule has 0 unspecified atom stereocenters. The van der Waals surface area contributed by atoms with E-state index in [0.29, 0.717) is 5.71 Å². The van der Waals surface area contributed by atoms with E-state index in [1.807, 2.05) is 0 Å². The van der Waals surface area contributed by atoms with Crippen molar-refractivity contribution in [2.75, 3.05) is 0 Å². The number of thioether (sulfide) groups is 1. The second kappa shape index (κ2) is 3.22. The molecule has 0 aromatic rings. The number of hydrogen-bond donors (Lipinski definition) is 1.